The molecule has 1 nitrogen and oxygen atoms in total. The van der Waals surface area contributed by atoms with E-state index in [0.717, 1.165) is 40.6 Å². The third-order valence-electron chi connectivity index (χ3n) is 6.07. The second-order valence-corrected chi connectivity index (χ2v) is 7.61. The molecule has 2 aromatic carbocycles. The first-order chi connectivity index (χ1) is 10.7. The average Bonchev–Trinajstić information content (AvgIpc) is 3.11. The van der Waals surface area contributed by atoms with Gasteiger partial charge in [0.15, 0.2) is 5.78 Å². The van der Waals surface area contributed by atoms with Gasteiger partial charge in [0.25, 0.3) is 0 Å². The van der Waals surface area contributed by atoms with Crippen molar-refractivity contribution in [2.45, 2.75) is 25.7 Å². The maximum absolute atomic E-state index is 13.3. The first kappa shape index (κ1) is 12.9. The maximum atomic E-state index is 13.3. The van der Waals surface area contributed by atoms with E-state index in [1.807, 2.05) is 18.2 Å². The molecule has 0 saturated heterocycles. The number of halogens is 1. The van der Waals surface area contributed by atoms with Crippen molar-refractivity contribution in [3.05, 3.63) is 58.6 Å². The summed E-state index contributed by atoms with van der Waals surface area (Å²) in [5.74, 6) is 1.50. The third-order valence-corrected chi connectivity index (χ3v) is 6.31. The number of aryl methyl sites for hydroxylation is 1. The first-order valence-corrected chi connectivity index (χ1v) is 8.49. The predicted octanol–water partition coefficient (Wildman–Crippen LogP) is 5.20. The molecule has 0 aliphatic heterocycles. The molecule has 110 valence electrons. The number of rotatable bonds is 0. The quantitative estimate of drug-likeness (QED) is 0.611. The van der Waals surface area contributed by atoms with E-state index < -0.39 is 0 Å². The molecule has 1 saturated carbocycles. The molecule has 0 N–H and O–H groups in total. The largest absolute Gasteiger partial charge is 0.294 e. The summed E-state index contributed by atoms with van der Waals surface area (Å²) in [5, 5.41) is 3.01. The summed E-state index contributed by atoms with van der Waals surface area (Å²) in [6, 6.07) is 10.2. The Hall–Kier alpha value is -1.60. The minimum absolute atomic E-state index is 0.105. The Bertz CT molecular complexity index is 850. The van der Waals surface area contributed by atoms with E-state index >= 15 is 0 Å². The van der Waals surface area contributed by atoms with Crippen LogP contribution in [0.4, 0.5) is 0 Å². The molecule has 2 heteroatoms. The Morgan fingerprint density at radius 2 is 2.00 bits per heavy atom. The molecule has 5 rings (SSSR count). The van der Waals surface area contributed by atoms with Crippen LogP contribution in [0.15, 0.2) is 42.5 Å². The summed E-state index contributed by atoms with van der Waals surface area (Å²) >= 11 is 6.10. The third kappa shape index (κ3) is 1.58. The molecular weight excluding hydrogens is 292 g/mol. The van der Waals surface area contributed by atoms with Crippen LogP contribution in [0, 0.1) is 17.3 Å². The first-order valence-electron chi connectivity index (χ1n) is 8.11. The van der Waals surface area contributed by atoms with Crippen molar-refractivity contribution in [3.8, 4) is 0 Å². The van der Waals surface area contributed by atoms with E-state index in [1.54, 1.807) is 0 Å². The van der Waals surface area contributed by atoms with Crippen LogP contribution in [0.3, 0.4) is 0 Å². The Labute approximate surface area is 135 Å². The topological polar surface area (TPSA) is 17.1 Å². The highest BCUT2D eigenvalue weighted by Crippen LogP contribution is 2.57. The number of hydrogen-bond acceptors (Lipinski definition) is 1. The number of hydrogen-bond donors (Lipinski definition) is 0. The van der Waals surface area contributed by atoms with Gasteiger partial charge in [-0.25, -0.2) is 0 Å². The highest BCUT2D eigenvalue weighted by Gasteiger charge is 2.54. The summed E-state index contributed by atoms with van der Waals surface area (Å²) in [6.45, 7) is 0. The van der Waals surface area contributed by atoms with Crippen LogP contribution in [-0.4, -0.2) is 5.78 Å². The number of allylic oxidation sites excluding steroid dienone is 2. The van der Waals surface area contributed by atoms with Crippen LogP contribution in [0.1, 0.15) is 35.2 Å². The zero-order chi connectivity index (χ0) is 14.9. The molecular formula is C20H17ClO. The van der Waals surface area contributed by atoms with Crippen molar-refractivity contribution in [1.29, 1.82) is 0 Å². The lowest BCUT2D eigenvalue weighted by Gasteiger charge is -2.38. The molecule has 1 fully saturated rings. The van der Waals surface area contributed by atoms with Crippen LogP contribution in [0.25, 0.3) is 10.8 Å². The fourth-order valence-corrected chi connectivity index (χ4v) is 5.16. The van der Waals surface area contributed by atoms with E-state index in [0.29, 0.717) is 17.6 Å². The standard InChI is InChI=1S/C20H17ClO/c21-17-4-2-13-10-18-14(8-15(13)9-17)5-6-20(19(18)22)11-12-1-3-16(20)7-12/h1-4,8-10,12,16H,5-7,11H2. The van der Waals surface area contributed by atoms with Gasteiger partial charge in [0, 0.05) is 16.0 Å². The number of carbonyl (C=O) groups is 1. The van der Waals surface area contributed by atoms with Crippen molar-refractivity contribution in [2.75, 3.05) is 0 Å². The maximum Gasteiger partial charge on any atom is 0.169 e. The normalized spacial score (nSPS) is 32.1. The van der Waals surface area contributed by atoms with Crippen LogP contribution in [-0.2, 0) is 6.42 Å². The minimum Gasteiger partial charge on any atom is -0.294 e. The summed E-state index contributed by atoms with van der Waals surface area (Å²) in [4.78, 5) is 13.3. The lowest BCUT2D eigenvalue weighted by molar-refractivity contribution is 0.0703. The summed E-state index contributed by atoms with van der Waals surface area (Å²) < 4.78 is 0. The highest BCUT2D eigenvalue weighted by molar-refractivity contribution is 6.31. The van der Waals surface area contributed by atoms with E-state index in [9.17, 15) is 4.79 Å². The SMILES string of the molecule is O=C1c2cc3ccc(Cl)cc3cc2CCC12CC1C=CC2C1. The van der Waals surface area contributed by atoms with Gasteiger partial charge < -0.3 is 0 Å². The fourth-order valence-electron chi connectivity index (χ4n) is 4.98. The lowest BCUT2D eigenvalue weighted by Crippen LogP contribution is -2.39. The van der Waals surface area contributed by atoms with Crippen LogP contribution in [0.2, 0.25) is 5.02 Å². The average molecular weight is 309 g/mol. The van der Waals surface area contributed by atoms with Gasteiger partial charge in [-0.05, 0) is 72.1 Å². The number of fused-ring (bicyclic) bond motifs is 5. The smallest absolute Gasteiger partial charge is 0.169 e. The monoisotopic (exact) mass is 308 g/mol. The van der Waals surface area contributed by atoms with Gasteiger partial charge in [-0.1, -0.05) is 35.9 Å². The zero-order valence-electron chi connectivity index (χ0n) is 12.3. The Morgan fingerprint density at radius 1 is 1.09 bits per heavy atom. The Morgan fingerprint density at radius 3 is 2.77 bits per heavy atom. The lowest BCUT2D eigenvalue weighted by atomic mass is 9.63. The van der Waals surface area contributed by atoms with Gasteiger partial charge >= 0.3 is 0 Å². The highest BCUT2D eigenvalue weighted by atomic mass is 35.5. The van der Waals surface area contributed by atoms with Gasteiger partial charge in [0.05, 0.1) is 0 Å². The summed E-state index contributed by atoms with van der Waals surface area (Å²) in [6.07, 6.45) is 8.89. The minimum atomic E-state index is -0.105. The van der Waals surface area contributed by atoms with E-state index in [2.05, 4.69) is 24.3 Å². The van der Waals surface area contributed by atoms with Crippen molar-refractivity contribution < 1.29 is 4.79 Å². The van der Waals surface area contributed by atoms with Crippen LogP contribution >= 0.6 is 11.6 Å². The molecule has 3 aliphatic carbocycles. The van der Waals surface area contributed by atoms with Gasteiger partial charge in [-0.15, -0.1) is 0 Å². The molecule has 3 unspecified atom stereocenters. The molecule has 2 bridgehead atoms. The molecule has 22 heavy (non-hydrogen) atoms. The molecule has 0 heterocycles. The van der Waals surface area contributed by atoms with Crippen molar-refractivity contribution in [2.24, 2.45) is 17.3 Å². The zero-order valence-corrected chi connectivity index (χ0v) is 13.1. The number of Topliss-reactive ketones (excluding diaryl/α,β-unsaturated/α-hetero) is 1. The molecule has 3 aliphatic rings. The number of ketones is 1. The Balaban J connectivity index is 1.67. The molecule has 1 spiro atoms. The van der Waals surface area contributed by atoms with Crippen LogP contribution in [0.5, 0.6) is 0 Å². The molecule has 0 aromatic heterocycles. The van der Waals surface area contributed by atoms with Crippen LogP contribution < -0.4 is 0 Å². The Kier molecular flexibility index (Phi) is 2.48. The van der Waals surface area contributed by atoms with Crippen molar-refractivity contribution in [3.63, 3.8) is 0 Å². The molecule has 0 amide bonds. The number of carbonyl (C=O) groups excluding carboxylic acids is 1. The van der Waals surface area contributed by atoms with E-state index in [-0.39, 0.29) is 5.41 Å². The van der Waals surface area contributed by atoms with Gasteiger partial charge in [-0.2, -0.15) is 0 Å². The van der Waals surface area contributed by atoms with Gasteiger partial charge in [0.2, 0.25) is 0 Å². The molecule has 2 aromatic rings. The van der Waals surface area contributed by atoms with Crippen molar-refractivity contribution in [1.82, 2.24) is 0 Å². The molecule has 0 radical (unpaired) electrons. The molecule has 3 atom stereocenters. The number of benzene rings is 2. The van der Waals surface area contributed by atoms with E-state index in [1.165, 1.54) is 12.0 Å². The summed E-state index contributed by atoms with van der Waals surface area (Å²) in [5.41, 5.74) is 2.06. The summed E-state index contributed by atoms with van der Waals surface area (Å²) in [7, 11) is 0. The second kappa shape index (κ2) is 4.23. The fraction of sp³-hybridized carbons (Fsp3) is 0.350. The van der Waals surface area contributed by atoms with Crippen molar-refractivity contribution >= 4 is 28.2 Å². The van der Waals surface area contributed by atoms with E-state index in [4.69, 9.17) is 11.6 Å². The van der Waals surface area contributed by atoms with Gasteiger partial charge in [-0.3, -0.25) is 4.79 Å². The predicted molar refractivity (Wildman–Crippen MR) is 89.4 cm³/mol. The van der Waals surface area contributed by atoms with Gasteiger partial charge in [0.1, 0.15) is 0 Å². The second-order valence-electron chi connectivity index (χ2n) is 7.18.